The number of rotatable bonds is 4. The number of nitrogens with one attached hydrogen (secondary N) is 1. The van der Waals surface area contributed by atoms with Crippen LogP contribution < -0.4 is 5.32 Å². The predicted octanol–water partition coefficient (Wildman–Crippen LogP) is 7.74. The van der Waals surface area contributed by atoms with Crippen molar-refractivity contribution >= 4 is 28.0 Å². The van der Waals surface area contributed by atoms with Gasteiger partial charge in [-0.15, -0.1) is 0 Å². The zero-order chi connectivity index (χ0) is 20.6. The molecule has 0 atom stereocenters. The lowest BCUT2D eigenvalue weighted by Crippen LogP contribution is -2.10. The first-order chi connectivity index (χ1) is 13.1. The molecule has 2 aromatic carbocycles. The molecule has 146 valence electrons. The topological polar surface area (TPSA) is 24.9 Å². The third-order valence-corrected chi connectivity index (χ3v) is 5.27. The first-order valence-corrected chi connectivity index (χ1v) is 10.1. The Morgan fingerprint density at radius 3 is 2.21 bits per heavy atom. The van der Waals surface area contributed by atoms with Crippen LogP contribution in [0.5, 0.6) is 0 Å². The number of pyridine rings is 1. The van der Waals surface area contributed by atoms with Crippen LogP contribution in [0.15, 0.2) is 49.0 Å². The first-order valence-electron chi connectivity index (χ1n) is 10.1. The molecule has 0 amide bonds. The van der Waals surface area contributed by atoms with Gasteiger partial charge in [-0.05, 0) is 77.8 Å². The van der Waals surface area contributed by atoms with Gasteiger partial charge in [0.05, 0.1) is 5.52 Å². The molecule has 1 aromatic heterocycles. The van der Waals surface area contributed by atoms with Crippen LogP contribution in [0.1, 0.15) is 69.7 Å². The van der Waals surface area contributed by atoms with E-state index in [1.165, 1.54) is 27.6 Å². The third kappa shape index (κ3) is 3.96. The van der Waals surface area contributed by atoms with Crippen molar-refractivity contribution in [2.75, 3.05) is 5.32 Å². The molecule has 2 heteroatoms. The summed E-state index contributed by atoms with van der Waals surface area (Å²) in [7, 11) is 0. The lowest BCUT2D eigenvalue weighted by Gasteiger charge is -2.20. The van der Waals surface area contributed by atoms with Gasteiger partial charge in [-0.1, -0.05) is 58.9 Å². The summed E-state index contributed by atoms with van der Waals surface area (Å²) in [5.74, 6) is 1.29. The van der Waals surface area contributed by atoms with E-state index in [0.29, 0.717) is 5.92 Å². The molecule has 0 saturated heterocycles. The van der Waals surface area contributed by atoms with E-state index in [0.717, 1.165) is 22.6 Å². The summed E-state index contributed by atoms with van der Waals surface area (Å²) in [5, 5.41) is 4.68. The normalized spacial score (nSPS) is 11.9. The van der Waals surface area contributed by atoms with Crippen LogP contribution in [0.4, 0.5) is 11.5 Å². The Hall–Kier alpha value is -2.61. The van der Waals surface area contributed by atoms with Crippen molar-refractivity contribution in [3.63, 3.8) is 0 Å². The second kappa shape index (κ2) is 7.43. The van der Waals surface area contributed by atoms with Crippen molar-refractivity contribution in [3.05, 3.63) is 71.3 Å². The molecule has 3 aromatic rings. The van der Waals surface area contributed by atoms with Crippen molar-refractivity contribution in [1.82, 2.24) is 4.98 Å². The summed E-state index contributed by atoms with van der Waals surface area (Å²) in [5.41, 5.74) is 8.48. The zero-order valence-electron chi connectivity index (χ0n) is 18.3. The Morgan fingerprint density at radius 2 is 1.68 bits per heavy atom. The number of nitrogens with zero attached hydrogens (tertiary/aromatic N) is 1. The van der Waals surface area contributed by atoms with Gasteiger partial charge in [0.2, 0.25) is 0 Å². The molecule has 3 rings (SSSR count). The van der Waals surface area contributed by atoms with Gasteiger partial charge in [0.25, 0.3) is 0 Å². The highest BCUT2D eigenvalue weighted by molar-refractivity contribution is 5.91. The van der Waals surface area contributed by atoms with Crippen molar-refractivity contribution in [3.8, 4) is 0 Å². The molecule has 0 spiro atoms. The SMILES string of the molecule is C=C(C)c1cc(C)c2nc(Nc3ccc(C(C)(C)C)cc3)ccc2c1C(C)C. The van der Waals surface area contributed by atoms with Gasteiger partial charge in [-0.2, -0.15) is 0 Å². The third-order valence-electron chi connectivity index (χ3n) is 5.27. The van der Waals surface area contributed by atoms with Gasteiger partial charge in [0.1, 0.15) is 5.82 Å². The minimum absolute atomic E-state index is 0.158. The van der Waals surface area contributed by atoms with Crippen LogP contribution in [-0.2, 0) is 5.41 Å². The second-order valence-corrected chi connectivity index (χ2v) is 9.13. The minimum atomic E-state index is 0.158. The molecule has 28 heavy (non-hydrogen) atoms. The van der Waals surface area contributed by atoms with Gasteiger partial charge < -0.3 is 5.32 Å². The fraction of sp³-hybridized carbons (Fsp3) is 0.346. The largest absolute Gasteiger partial charge is 0.340 e. The van der Waals surface area contributed by atoms with Gasteiger partial charge in [-0.25, -0.2) is 4.98 Å². The van der Waals surface area contributed by atoms with Crippen LogP contribution >= 0.6 is 0 Å². The molecule has 0 fully saturated rings. The Bertz CT molecular complexity index is 1020. The van der Waals surface area contributed by atoms with Crippen LogP contribution in [0.3, 0.4) is 0 Å². The molecule has 0 saturated carbocycles. The molecule has 0 radical (unpaired) electrons. The lowest BCUT2D eigenvalue weighted by atomic mass is 9.87. The summed E-state index contributed by atoms with van der Waals surface area (Å²) >= 11 is 0. The summed E-state index contributed by atoms with van der Waals surface area (Å²) in [6.45, 7) is 19.6. The summed E-state index contributed by atoms with van der Waals surface area (Å²) in [6, 6.07) is 15.1. The molecule has 0 unspecified atom stereocenters. The zero-order valence-corrected chi connectivity index (χ0v) is 18.3. The Balaban J connectivity index is 2.02. The van der Waals surface area contributed by atoms with Gasteiger partial charge in [0.15, 0.2) is 0 Å². The molecule has 0 aliphatic heterocycles. The summed E-state index contributed by atoms with van der Waals surface area (Å²) < 4.78 is 0. The summed E-state index contributed by atoms with van der Waals surface area (Å²) in [6.07, 6.45) is 0. The van der Waals surface area contributed by atoms with E-state index in [-0.39, 0.29) is 5.41 Å². The predicted molar refractivity (Wildman–Crippen MR) is 124 cm³/mol. The number of benzene rings is 2. The first kappa shape index (κ1) is 20.1. The molecule has 1 N–H and O–H groups in total. The van der Waals surface area contributed by atoms with Crippen LogP contribution in [0.2, 0.25) is 0 Å². The van der Waals surface area contributed by atoms with E-state index in [2.05, 4.69) is 103 Å². The lowest BCUT2D eigenvalue weighted by molar-refractivity contribution is 0.590. The minimum Gasteiger partial charge on any atom is -0.340 e. The van der Waals surface area contributed by atoms with Crippen LogP contribution in [0.25, 0.3) is 16.5 Å². The van der Waals surface area contributed by atoms with Gasteiger partial charge >= 0.3 is 0 Å². The van der Waals surface area contributed by atoms with Crippen LogP contribution in [-0.4, -0.2) is 4.98 Å². The number of hydrogen-bond donors (Lipinski definition) is 1. The Kier molecular flexibility index (Phi) is 5.34. The van der Waals surface area contributed by atoms with E-state index < -0.39 is 0 Å². The smallest absolute Gasteiger partial charge is 0.131 e. The van der Waals surface area contributed by atoms with E-state index >= 15 is 0 Å². The van der Waals surface area contributed by atoms with E-state index in [1.54, 1.807) is 0 Å². The molecule has 0 bridgehead atoms. The summed E-state index contributed by atoms with van der Waals surface area (Å²) in [4.78, 5) is 4.94. The average Bonchev–Trinajstić information content (AvgIpc) is 2.61. The van der Waals surface area contributed by atoms with Crippen molar-refractivity contribution in [1.29, 1.82) is 0 Å². The Labute approximate surface area is 169 Å². The highest BCUT2D eigenvalue weighted by atomic mass is 15.0. The number of allylic oxidation sites excluding steroid dienone is 1. The standard InChI is InChI=1S/C26H32N2/c1-16(2)22-15-18(5)25-21(24(22)17(3)4)13-14-23(28-25)27-20-11-9-19(10-12-20)26(6,7)8/h9-15,17H,1H2,2-8H3,(H,27,28). The number of fused-ring (bicyclic) bond motifs is 1. The van der Waals surface area contributed by atoms with E-state index in [1.807, 2.05) is 0 Å². The van der Waals surface area contributed by atoms with Gasteiger partial charge in [-0.3, -0.25) is 0 Å². The monoisotopic (exact) mass is 372 g/mol. The highest BCUT2D eigenvalue weighted by Gasteiger charge is 2.16. The molecule has 0 aliphatic carbocycles. The number of aryl methyl sites for hydroxylation is 1. The quantitative estimate of drug-likeness (QED) is 0.506. The van der Waals surface area contributed by atoms with Crippen molar-refractivity contribution in [2.24, 2.45) is 0 Å². The maximum atomic E-state index is 4.94. The second-order valence-electron chi connectivity index (χ2n) is 9.13. The molecule has 2 nitrogen and oxygen atoms in total. The fourth-order valence-electron chi connectivity index (χ4n) is 3.73. The molecular formula is C26H32N2. The molecular weight excluding hydrogens is 340 g/mol. The van der Waals surface area contributed by atoms with Crippen molar-refractivity contribution < 1.29 is 0 Å². The number of aromatic nitrogens is 1. The van der Waals surface area contributed by atoms with E-state index in [9.17, 15) is 0 Å². The maximum absolute atomic E-state index is 4.94. The Morgan fingerprint density at radius 1 is 1.04 bits per heavy atom. The fourth-order valence-corrected chi connectivity index (χ4v) is 3.73. The molecule has 1 heterocycles. The number of hydrogen-bond acceptors (Lipinski definition) is 2. The average molecular weight is 373 g/mol. The highest BCUT2D eigenvalue weighted by Crippen LogP contribution is 2.35. The molecule has 0 aliphatic rings. The van der Waals surface area contributed by atoms with Gasteiger partial charge in [0, 0.05) is 11.1 Å². The van der Waals surface area contributed by atoms with Crippen LogP contribution in [0, 0.1) is 6.92 Å². The number of anilines is 2. The maximum Gasteiger partial charge on any atom is 0.131 e. The van der Waals surface area contributed by atoms with Crippen molar-refractivity contribution in [2.45, 2.75) is 59.8 Å². The van der Waals surface area contributed by atoms with E-state index in [4.69, 9.17) is 4.98 Å².